The minimum Gasteiger partial charge on any atom is -0.486 e. The maximum absolute atomic E-state index is 13.5. The van der Waals surface area contributed by atoms with Crippen LogP contribution in [0.25, 0.3) is 0 Å². The molecule has 5 heteroatoms. The van der Waals surface area contributed by atoms with E-state index < -0.39 is 11.6 Å². The zero-order chi connectivity index (χ0) is 13.1. The van der Waals surface area contributed by atoms with Crippen LogP contribution in [0.2, 0.25) is 0 Å². The molecule has 0 atom stereocenters. The van der Waals surface area contributed by atoms with Gasteiger partial charge < -0.3 is 10.5 Å². The Labute approximate surface area is 112 Å². The molecular formula is C13H10BrF2NO. The van der Waals surface area contributed by atoms with Crippen LogP contribution >= 0.6 is 15.9 Å². The fourth-order valence-electron chi connectivity index (χ4n) is 1.45. The third-order valence-electron chi connectivity index (χ3n) is 2.38. The molecule has 0 aliphatic rings. The van der Waals surface area contributed by atoms with Crippen molar-refractivity contribution >= 4 is 21.6 Å². The first kappa shape index (κ1) is 12.8. The average Bonchev–Trinajstić information content (AvgIpc) is 2.32. The summed E-state index contributed by atoms with van der Waals surface area (Å²) in [6.07, 6.45) is 0. The van der Waals surface area contributed by atoms with Crippen LogP contribution in [-0.4, -0.2) is 0 Å². The van der Waals surface area contributed by atoms with E-state index in [1.54, 1.807) is 6.07 Å². The third kappa shape index (κ3) is 2.98. The van der Waals surface area contributed by atoms with Crippen LogP contribution in [0.15, 0.2) is 40.9 Å². The van der Waals surface area contributed by atoms with Gasteiger partial charge in [0.05, 0.1) is 0 Å². The van der Waals surface area contributed by atoms with Gasteiger partial charge in [0.2, 0.25) is 0 Å². The van der Waals surface area contributed by atoms with Crippen LogP contribution in [0.3, 0.4) is 0 Å². The van der Waals surface area contributed by atoms with Gasteiger partial charge in [-0.2, -0.15) is 0 Å². The van der Waals surface area contributed by atoms with Gasteiger partial charge in [0.1, 0.15) is 12.4 Å². The van der Waals surface area contributed by atoms with Gasteiger partial charge in [-0.15, -0.1) is 0 Å². The highest BCUT2D eigenvalue weighted by Crippen LogP contribution is 2.23. The Morgan fingerprint density at radius 1 is 1.11 bits per heavy atom. The zero-order valence-corrected chi connectivity index (χ0v) is 10.9. The van der Waals surface area contributed by atoms with Crippen LogP contribution in [0, 0.1) is 11.6 Å². The summed E-state index contributed by atoms with van der Waals surface area (Å²) in [5.74, 6) is -0.791. The number of ether oxygens (including phenoxy) is 1. The van der Waals surface area contributed by atoms with E-state index in [1.807, 2.05) is 0 Å². The lowest BCUT2D eigenvalue weighted by Crippen LogP contribution is -2.02. The minimum absolute atomic E-state index is 0.0160. The van der Waals surface area contributed by atoms with E-state index in [0.29, 0.717) is 15.7 Å². The van der Waals surface area contributed by atoms with Crippen LogP contribution in [0.5, 0.6) is 5.75 Å². The molecule has 0 saturated heterocycles. The van der Waals surface area contributed by atoms with E-state index in [9.17, 15) is 8.78 Å². The summed E-state index contributed by atoms with van der Waals surface area (Å²) in [6.45, 7) is 0.0160. The molecule has 0 aromatic heterocycles. The maximum atomic E-state index is 13.5. The van der Waals surface area contributed by atoms with Crippen LogP contribution in [0.4, 0.5) is 14.5 Å². The van der Waals surface area contributed by atoms with Crippen molar-refractivity contribution in [3.63, 3.8) is 0 Å². The van der Waals surface area contributed by atoms with Crippen molar-refractivity contribution in [3.05, 3.63) is 58.1 Å². The SMILES string of the molecule is Nc1ccc(F)cc1COc1ccc(Br)cc1F. The molecule has 0 fully saturated rings. The summed E-state index contributed by atoms with van der Waals surface area (Å²) in [5.41, 5.74) is 6.56. The second-order valence-electron chi connectivity index (χ2n) is 3.71. The van der Waals surface area contributed by atoms with E-state index in [2.05, 4.69) is 15.9 Å². The van der Waals surface area contributed by atoms with Crippen molar-refractivity contribution in [1.29, 1.82) is 0 Å². The molecule has 0 aliphatic heterocycles. The van der Waals surface area contributed by atoms with Crippen LogP contribution < -0.4 is 10.5 Å². The van der Waals surface area contributed by atoms with Crippen LogP contribution in [-0.2, 0) is 6.61 Å². The van der Waals surface area contributed by atoms with Crippen molar-refractivity contribution < 1.29 is 13.5 Å². The summed E-state index contributed by atoms with van der Waals surface area (Å²) >= 11 is 3.15. The first-order chi connectivity index (χ1) is 8.56. The summed E-state index contributed by atoms with van der Waals surface area (Å²) < 4.78 is 32.4. The fourth-order valence-corrected chi connectivity index (χ4v) is 1.78. The lowest BCUT2D eigenvalue weighted by Gasteiger charge is -2.09. The molecule has 18 heavy (non-hydrogen) atoms. The normalized spacial score (nSPS) is 10.4. The first-order valence-electron chi connectivity index (χ1n) is 5.18. The summed E-state index contributed by atoms with van der Waals surface area (Å²) in [6, 6.07) is 8.43. The minimum atomic E-state index is -0.487. The summed E-state index contributed by atoms with van der Waals surface area (Å²) in [4.78, 5) is 0. The van der Waals surface area contributed by atoms with E-state index in [4.69, 9.17) is 10.5 Å². The zero-order valence-electron chi connectivity index (χ0n) is 9.29. The predicted molar refractivity (Wildman–Crippen MR) is 69.2 cm³/mol. The monoisotopic (exact) mass is 313 g/mol. The summed E-state index contributed by atoms with van der Waals surface area (Å²) in [7, 11) is 0. The van der Waals surface area contributed by atoms with Gasteiger partial charge in [-0.3, -0.25) is 0 Å². The number of hydrogen-bond acceptors (Lipinski definition) is 2. The number of nitrogens with two attached hydrogens (primary N) is 1. The Morgan fingerprint density at radius 2 is 1.89 bits per heavy atom. The smallest absolute Gasteiger partial charge is 0.166 e. The molecule has 0 saturated carbocycles. The molecule has 0 radical (unpaired) electrons. The highest BCUT2D eigenvalue weighted by molar-refractivity contribution is 9.10. The van der Waals surface area contributed by atoms with E-state index in [0.717, 1.165) is 0 Å². The van der Waals surface area contributed by atoms with Crippen molar-refractivity contribution in [2.24, 2.45) is 0 Å². The largest absolute Gasteiger partial charge is 0.486 e. The van der Waals surface area contributed by atoms with E-state index in [1.165, 1.54) is 30.3 Å². The topological polar surface area (TPSA) is 35.2 Å². The second-order valence-corrected chi connectivity index (χ2v) is 4.62. The van der Waals surface area contributed by atoms with Gasteiger partial charge in [-0.1, -0.05) is 15.9 Å². The van der Waals surface area contributed by atoms with Gasteiger partial charge in [0.25, 0.3) is 0 Å². The standard InChI is InChI=1S/C13H10BrF2NO/c14-9-1-4-13(11(16)6-9)18-7-8-5-10(15)2-3-12(8)17/h1-6H,7,17H2. The predicted octanol–water partition coefficient (Wildman–Crippen LogP) is 3.89. The molecule has 0 unspecified atom stereocenters. The number of halogens is 3. The fraction of sp³-hybridized carbons (Fsp3) is 0.0769. The molecule has 0 aliphatic carbocycles. The molecule has 2 aromatic rings. The Kier molecular flexibility index (Phi) is 3.81. The molecule has 0 amide bonds. The van der Waals surface area contributed by atoms with E-state index in [-0.39, 0.29) is 12.4 Å². The highest BCUT2D eigenvalue weighted by Gasteiger charge is 2.06. The average molecular weight is 314 g/mol. The lowest BCUT2D eigenvalue weighted by atomic mass is 10.2. The molecule has 0 heterocycles. The third-order valence-corrected chi connectivity index (χ3v) is 2.88. The van der Waals surface area contributed by atoms with Crippen molar-refractivity contribution in [3.8, 4) is 5.75 Å². The summed E-state index contributed by atoms with van der Waals surface area (Å²) in [5, 5.41) is 0. The number of nitrogen functional groups attached to an aromatic ring is 1. The first-order valence-corrected chi connectivity index (χ1v) is 5.97. The molecule has 2 N–H and O–H groups in total. The van der Waals surface area contributed by atoms with Gasteiger partial charge in [-0.25, -0.2) is 8.78 Å². The molecule has 0 spiro atoms. The van der Waals surface area contributed by atoms with Gasteiger partial charge in [0, 0.05) is 15.7 Å². The quantitative estimate of drug-likeness (QED) is 0.873. The number of rotatable bonds is 3. The van der Waals surface area contributed by atoms with Crippen molar-refractivity contribution in [2.75, 3.05) is 5.73 Å². The highest BCUT2D eigenvalue weighted by atomic mass is 79.9. The van der Waals surface area contributed by atoms with Gasteiger partial charge >= 0.3 is 0 Å². The number of benzene rings is 2. The van der Waals surface area contributed by atoms with Crippen molar-refractivity contribution in [2.45, 2.75) is 6.61 Å². The van der Waals surface area contributed by atoms with Crippen molar-refractivity contribution in [1.82, 2.24) is 0 Å². The second kappa shape index (κ2) is 5.35. The van der Waals surface area contributed by atoms with Gasteiger partial charge in [-0.05, 0) is 36.4 Å². The molecular weight excluding hydrogens is 304 g/mol. The molecule has 2 aromatic carbocycles. The van der Waals surface area contributed by atoms with E-state index >= 15 is 0 Å². The Bertz CT molecular complexity index is 575. The molecule has 2 nitrogen and oxygen atoms in total. The maximum Gasteiger partial charge on any atom is 0.166 e. The molecule has 2 rings (SSSR count). The number of hydrogen-bond donors (Lipinski definition) is 1. The lowest BCUT2D eigenvalue weighted by molar-refractivity contribution is 0.290. The Morgan fingerprint density at radius 3 is 2.61 bits per heavy atom. The van der Waals surface area contributed by atoms with Crippen LogP contribution in [0.1, 0.15) is 5.56 Å². The molecule has 0 bridgehead atoms. The Balaban J connectivity index is 2.13. The molecule has 94 valence electrons. The number of anilines is 1. The Hall–Kier alpha value is -1.62. The van der Waals surface area contributed by atoms with Gasteiger partial charge in [0.15, 0.2) is 11.6 Å².